The molecular formula is C10H11NO4S. The van der Waals surface area contributed by atoms with Gasteiger partial charge in [0, 0.05) is 13.1 Å². The minimum Gasteiger partial charge on any atom is -0.408 e. The van der Waals surface area contributed by atoms with E-state index >= 15 is 0 Å². The van der Waals surface area contributed by atoms with E-state index in [-0.39, 0.29) is 10.6 Å². The highest BCUT2D eigenvalue weighted by Crippen LogP contribution is 2.18. The first-order valence-corrected chi connectivity index (χ1v) is 6.43. The molecule has 0 amide bonds. The molecule has 0 saturated carbocycles. The van der Waals surface area contributed by atoms with Crippen LogP contribution in [0.25, 0.3) is 11.1 Å². The molecule has 0 saturated heterocycles. The molecule has 0 radical (unpaired) electrons. The number of sulfone groups is 1. The van der Waals surface area contributed by atoms with Gasteiger partial charge in [-0.1, -0.05) is 6.92 Å². The van der Waals surface area contributed by atoms with Gasteiger partial charge in [-0.2, -0.15) is 0 Å². The molecule has 1 aromatic carbocycles. The highest BCUT2D eigenvalue weighted by atomic mass is 32.2. The van der Waals surface area contributed by atoms with Gasteiger partial charge in [0.1, 0.15) is 0 Å². The summed E-state index contributed by atoms with van der Waals surface area (Å²) in [5.41, 5.74) is 0.877. The number of nitrogens with zero attached hydrogens (tertiary/aromatic N) is 1. The molecule has 0 atom stereocenters. The van der Waals surface area contributed by atoms with Crippen LogP contribution in [0.1, 0.15) is 6.92 Å². The monoisotopic (exact) mass is 241 g/mol. The van der Waals surface area contributed by atoms with Crippen LogP contribution >= 0.6 is 0 Å². The maximum Gasteiger partial charge on any atom is 0.419 e. The standard InChI is InChI=1S/C10H11NO4S/c1-3-16(13,14)7-4-5-8-9(6-7)15-10(12)11(8)2/h4-6H,3H2,1-2H3. The third-order valence-electron chi connectivity index (χ3n) is 2.50. The third-order valence-corrected chi connectivity index (χ3v) is 4.24. The lowest BCUT2D eigenvalue weighted by molar-refractivity contribution is 0.527. The summed E-state index contributed by atoms with van der Waals surface area (Å²) in [6, 6.07) is 4.44. The lowest BCUT2D eigenvalue weighted by atomic mass is 10.3. The van der Waals surface area contributed by atoms with Crippen LogP contribution in [-0.4, -0.2) is 18.7 Å². The summed E-state index contributed by atoms with van der Waals surface area (Å²) in [6.45, 7) is 1.57. The molecular weight excluding hydrogens is 230 g/mol. The van der Waals surface area contributed by atoms with Crippen LogP contribution in [0.15, 0.2) is 32.3 Å². The van der Waals surface area contributed by atoms with Gasteiger partial charge in [-0.25, -0.2) is 13.2 Å². The Hall–Kier alpha value is -1.56. The summed E-state index contributed by atoms with van der Waals surface area (Å²) in [4.78, 5) is 11.4. The number of aromatic nitrogens is 1. The maximum absolute atomic E-state index is 11.6. The van der Waals surface area contributed by atoms with Crippen LogP contribution in [0.4, 0.5) is 0 Å². The van der Waals surface area contributed by atoms with Crippen molar-refractivity contribution in [3.63, 3.8) is 0 Å². The molecule has 0 spiro atoms. The highest BCUT2D eigenvalue weighted by Gasteiger charge is 2.14. The van der Waals surface area contributed by atoms with Crippen LogP contribution in [0.2, 0.25) is 0 Å². The van der Waals surface area contributed by atoms with Gasteiger partial charge in [0.2, 0.25) is 0 Å². The Morgan fingerprint density at radius 1 is 1.38 bits per heavy atom. The van der Waals surface area contributed by atoms with Crippen molar-refractivity contribution >= 4 is 20.9 Å². The summed E-state index contributed by atoms with van der Waals surface area (Å²) in [5.74, 6) is -0.476. The summed E-state index contributed by atoms with van der Waals surface area (Å²) in [7, 11) is -1.69. The van der Waals surface area contributed by atoms with Crippen molar-refractivity contribution in [1.29, 1.82) is 0 Å². The first kappa shape index (κ1) is 10.9. The molecule has 2 rings (SSSR count). The second-order valence-electron chi connectivity index (χ2n) is 3.46. The van der Waals surface area contributed by atoms with Crippen LogP contribution in [0, 0.1) is 0 Å². The molecule has 0 aliphatic carbocycles. The van der Waals surface area contributed by atoms with Crippen LogP contribution < -0.4 is 5.76 Å². The highest BCUT2D eigenvalue weighted by molar-refractivity contribution is 7.91. The molecule has 0 aliphatic heterocycles. The largest absolute Gasteiger partial charge is 0.419 e. The van der Waals surface area contributed by atoms with Gasteiger partial charge in [-0.3, -0.25) is 4.57 Å². The van der Waals surface area contributed by atoms with Crippen LogP contribution in [-0.2, 0) is 16.9 Å². The minimum absolute atomic E-state index is 0.0234. The molecule has 0 aliphatic rings. The fraction of sp³-hybridized carbons (Fsp3) is 0.300. The van der Waals surface area contributed by atoms with Crippen LogP contribution in [0.3, 0.4) is 0 Å². The first-order chi connectivity index (χ1) is 7.45. The van der Waals surface area contributed by atoms with Gasteiger partial charge in [-0.15, -0.1) is 0 Å². The van der Waals surface area contributed by atoms with Gasteiger partial charge in [-0.05, 0) is 12.1 Å². The zero-order chi connectivity index (χ0) is 11.9. The van der Waals surface area contributed by atoms with E-state index in [0.29, 0.717) is 11.1 Å². The van der Waals surface area contributed by atoms with Crippen molar-refractivity contribution in [2.45, 2.75) is 11.8 Å². The molecule has 0 fully saturated rings. The number of hydrogen-bond donors (Lipinski definition) is 0. The molecule has 0 N–H and O–H groups in total. The molecule has 0 unspecified atom stereocenters. The van der Waals surface area contributed by atoms with E-state index < -0.39 is 15.6 Å². The molecule has 6 heteroatoms. The fourth-order valence-corrected chi connectivity index (χ4v) is 2.37. The van der Waals surface area contributed by atoms with Gasteiger partial charge in [0.25, 0.3) is 0 Å². The zero-order valence-corrected chi connectivity index (χ0v) is 9.74. The second kappa shape index (κ2) is 3.48. The summed E-state index contributed by atoms with van der Waals surface area (Å²) < 4.78 is 29.5. The van der Waals surface area contributed by atoms with E-state index in [4.69, 9.17) is 4.42 Å². The lowest BCUT2D eigenvalue weighted by Gasteiger charge is -2.00. The number of oxazole rings is 1. The summed E-state index contributed by atoms with van der Waals surface area (Å²) in [5, 5.41) is 0. The third kappa shape index (κ3) is 1.55. The number of rotatable bonds is 2. The Morgan fingerprint density at radius 2 is 2.06 bits per heavy atom. The van der Waals surface area contributed by atoms with Crippen molar-refractivity contribution in [2.24, 2.45) is 7.05 Å². The Kier molecular flexibility index (Phi) is 2.38. The second-order valence-corrected chi connectivity index (χ2v) is 5.74. The Balaban J connectivity index is 2.76. The minimum atomic E-state index is -3.26. The van der Waals surface area contributed by atoms with Crippen LogP contribution in [0.5, 0.6) is 0 Å². The lowest BCUT2D eigenvalue weighted by Crippen LogP contribution is -2.08. The topological polar surface area (TPSA) is 69.3 Å². The maximum atomic E-state index is 11.6. The van der Waals surface area contributed by atoms with Crippen molar-refractivity contribution in [3.05, 3.63) is 28.7 Å². The van der Waals surface area contributed by atoms with Crippen molar-refractivity contribution in [2.75, 3.05) is 5.75 Å². The normalized spacial score (nSPS) is 12.1. The number of benzene rings is 1. The van der Waals surface area contributed by atoms with E-state index in [0.717, 1.165) is 0 Å². The Labute approximate surface area is 92.2 Å². The molecule has 16 heavy (non-hydrogen) atoms. The average molecular weight is 241 g/mol. The first-order valence-electron chi connectivity index (χ1n) is 4.78. The van der Waals surface area contributed by atoms with E-state index in [9.17, 15) is 13.2 Å². The van der Waals surface area contributed by atoms with E-state index in [1.807, 2.05) is 0 Å². The number of hydrogen-bond acceptors (Lipinski definition) is 4. The predicted octanol–water partition coefficient (Wildman–Crippen LogP) is 0.925. The van der Waals surface area contributed by atoms with E-state index in [2.05, 4.69) is 0 Å². The number of fused-ring (bicyclic) bond motifs is 1. The SMILES string of the molecule is CCS(=O)(=O)c1ccc2c(c1)oc(=O)n2C. The molecule has 0 bridgehead atoms. The van der Waals surface area contributed by atoms with Crippen molar-refractivity contribution in [1.82, 2.24) is 4.57 Å². The molecule has 5 nitrogen and oxygen atoms in total. The van der Waals surface area contributed by atoms with Crippen molar-refractivity contribution in [3.8, 4) is 0 Å². The van der Waals surface area contributed by atoms with Gasteiger partial charge < -0.3 is 4.42 Å². The predicted molar refractivity (Wildman–Crippen MR) is 59.2 cm³/mol. The Bertz CT molecular complexity index is 693. The molecule has 1 aromatic heterocycles. The van der Waals surface area contributed by atoms with E-state index in [1.54, 1.807) is 20.0 Å². The summed E-state index contributed by atoms with van der Waals surface area (Å²) >= 11 is 0. The molecule has 1 heterocycles. The molecule has 2 aromatic rings. The quantitative estimate of drug-likeness (QED) is 0.784. The molecule has 86 valence electrons. The smallest absolute Gasteiger partial charge is 0.408 e. The summed E-state index contributed by atoms with van der Waals surface area (Å²) in [6.07, 6.45) is 0. The van der Waals surface area contributed by atoms with E-state index in [1.165, 1.54) is 16.7 Å². The zero-order valence-electron chi connectivity index (χ0n) is 8.93. The Morgan fingerprint density at radius 3 is 2.69 bits per heavy atom. The average Bonchev–Trinajstić information content (AvgIpc) is 2.54. The van der Waals surface area contributed by atoms with Gasteiger partial charge >= 0.3 is 5.76 Å². The van der Waals surface area contributed by atoms with Crippen molar-refractivity contribution < 1.29 is 12.8 Å². The fourth-order valence-electron chi connectivity index (χ4n) is 1.47. The van der Waals surface area contributed by atoms with Gasteiger partial charge in [0.15, 0.2) is 15.4 Å². The van der Waals surface area contributed by atoms with Gasteiger partial charge in [0.05, 0.1) is 16.2 Å². The number of aryl methyl sites for hydroxylation is 1.